The van der Waals surface area contributed by atoms with E-state index in [4.69, 9.17) is 16.3 Å². The van der Waals surface area contributed by atoms with Crippen LogP contribution < -0.4 is 4.74 Å². The molecule has 5 heteroatoms. The number of rotatable bonds is 3. The van der Waals surface area contributed by atoms with Crippen LogP contribution in [0.15, 0.2) is 18.2 Å². The second-order valence-corrected chi connectivity index (χ2v) is 4.96. The van der Waals surface area contributed by atoms with Crippen molar-refractivity contribution in [2.75, 3.05) is 7.11 Å². The Labute approximate surface area is 111 Å². The monoisotopic (exact) mass is 263 g/mol. The quantitative estimate of drug-likeness (QED) is 0.854. The maximum atomic E-state index is 6.06. The van der Waals surface area contributed by atoms with Gasteiger partial charge in [0.05, 0.1) is 7.11 Å². The zero-order valence-corrected chi connectivity index (χ0v) is 11.1. The minimum absolute atomic E-state index is 0.523. The molecule has 3 rings (SSSR count). The van der Waals surface area contributed by atoms with Crippen LogP contribution in [-0.2, 0) is 0 Å². The van der Waals surface area contributed by atoms with Crippen molar-refractivity contribution in [2.45, 2.75) is 25.7 Å². The number of hydrogen-bond donors (Lipinski definition) is 0. The molecule has 0 saturated heterocycles. The highest BCUT2D eigenvalue weighted by Crippen LogP contribution is 2.40. The maximum Gasteiger partial charge on any atom is 0.148 e. The Hall–Kier alpha value is -1.55. The van der Waals surface area contributed by atoms with Crippen LogP contribution in [0.3, 0.4) is 0 Å². The summed E-state index contributed by atoms with van der Waals surface area (Å²) >= 11 is 6.06. The van der Waals surface area contributed by atoms with Gasteiger partial charge in [-0.2, -0.15) is 5.10 Å². The number of hydrogen-bond acceptors (Lipinski definition) is 3. The zero-order chi connectivity index (χ0) is 12.7. The Balaban J connectivity index is 2.16. The van der Waals surface area contributed by atoms with Gasteiger partial charge in [-0.05, 0) is 38.0 Å². The Morgan fingerprint density at radius 3 is 2.83 bits per heavy atom. The first-order chi connectivity index (χ1) is 8.69. The van der Waals surface area contributed by atoms with Gasteiger partial charge in [-0.3, -0.25) is 0 Å². The molecule has 1 fully saturated rings. The van der Waals surface area contributed by atoms with Crippen molar-refractivity contribution >= 4 is 11.6 Å². The van der Waals surface area contributed by atoms with E-state index in [0.717, 1.165) is 23.1 Å². The van der Waals surface area contributed by atoms with Crippen molar-refractivity contribution in [1.29, 1.82) is 0 Å². The van der Waals surface area contributed by atoms with Crippen LogP contribution in [0.25, 0.3) is 5.69 Å². The predicted molar refractivity (Wildman–Crippen MR) is 69.6 cm³/mol. The summed E-state index contributed by atoms with van der Waals surface area (Å²) < 4.78 is 7.23. The van der Waals surface area contributed by atoms with Crippen LogP contribution >= 0.6 is 11.6 Å². The largest absolute Gasteiger partial charge is 0.494 e. The highest BCUT2D eigenvalue weighted by atomic mass is 35.5. The van der Waals surface area contributed by atoms with Crippen LogP contribution in [-0.4, -0.2) is 21.9 Å². The second-order valence-electron chi connectivity index (χ2n) is 4.52. The number of methoxy groups -OCH3 is 1. The number of nitrogens with zero attached hydrogens (tertiary/aromatic N) is 3. The molecule has 0 spiro atoms. The molecule has 1 aliphatic rings. The van der Waals surface area contributed by atoms with Crippen LogP contribution in [0.2, 0.25) is 5.02 Å². The fourth-order valence-corrected chi connectivity index (χ4v) is 2.21. The highest BCUT2D eigenvalue weighted by Gasteiger charge is 2.30. The van der Waals surface area contributed by atoms with Crippen molar-refractivity contribution < 1.29 is 4.74 Å². The van der Waals surface area contributed by atoms with Gasteiger partial charge in [0.25, 0.3) is 0 Å². The number of ether oxygens (including phenoxy) is 1. The van der Waals surface area contributed by atoms with E-state index in [1.807, 2.05) is 29.8 Å². The molecule has 0 aliphatic heterocycles. The van der Waals surface area contributed by atoms with Crippen molar-refractivity contribution in [3.05, 3.63) is 34.9 Å². The minimum Gasteiger partial charge on any atom is -0.494 e. The molecule has 0 bridgehead atoms. The third kappa shape index (κ3) is 1.97. The lowest BCUT2D eigenvalue weighted by Crippen LogP contribution is -2.04. The predicted octanol–water partition coefficient (Wildman–Crippen LogP) is 3.12. The fraction of sp³-hybridized carbons (Fsp3) is 0.385. The molecule has 0 unspecified atom stereocenters. The molecule has 0 N–H and O–H groups in total. The summed E-state index contributed by atoms with van der Waals surface area (Å²) in [6, 6.07) is 5.52. The normalized spacial score (nSPS) is 14.8. The van der Waals surface area contributed by atoms with Gasteiger partial charge in [-0.1, -0.05) is 11.6 Å². The lowest BCUT2D eigenvalue weighted by Gasteiger charge is -2.10. The zero-order valence-electron chi connectivity index (χ0n) is 10.4. The molecule has 0 amide bonds. The van der Waals surface area contributed by atoms with Crippen LogP contribution in [0.5, 0.6) is 5.75 Å². The van der Waals surface area contributed by atoms with Crippen LogP contribution in [0.4, 0.5) is 0 Å². The summed E-state index contributed by atoms with van der Waals surface area (Å²) in [5.41, 5.74) is 0.854. The van der Waals surface area contributed by atoms with Crippen molar-refractivity contribution in [1.82, 2.24) is 14.8 Å². The lowest BCUT2D eigenvalue weighted by molar-refractivity contribution is 0.411. The molecule has 1 saturated carbocycles. The summed E-state index contributed by atoms with van der Waals surface area (Å²) in [5.74, 6) is 3.06. The van der Waals surface area contributed by atoms with E-state index < -0.39 is 0 Å². The molecule has 18 heavy (non-hydrogen) atoms. The topological polar surface area (TPSA) is 39.9 Å². The van der Waals surface area contributed by atoms with Gasteiger partial charge < -0.3 is 4.74 Å². The van der Waals surface area contributed by atoms with Gasteiger partial charge in [-0.15, -0.1) is 0 Å². The molecule has 0 atom stereocenters. The summed E-state index contributed by atoms with van der Waals surface area (Å²) in [6.45, 7) is 1.90. The van der Waals surface area contributed by atoms with Crippen molar-refractivity contribution in [3.63, 3.8) is 0 Å². The van der Waals surface area contributed by atoms with E-state index in [-0.39, 0.29) is 0 Å². The molecule has 2 aromatic rings. The van der Waals surface area contributed by atoms with Gasteiger partial charge in [0.15, 0.2) is 0 Å². The number of benzene rings is 1. The number of halogens is 1. The van der Waals surface area contributed by atoms with E-state index in [0.29, 0.717) is 10.9 Å². The van der Waals surface area contributed by atoms with Crippen molar-refractivity contribution in [3.8, 4) is 11.4 Å². The molecule has 1 aliphatic carbocycles. The average Bonchev–Trinajstić information content (AvgIpc) is 3.12. The van der Waals surface area contributed by atoms with Gasteiger partial charge in [0.1, 0.15) is 23.1 Å². The third-order valence-corrected chi connectivity index (χ3v) is 3.28. The van der Waals surface area contributed by atoms with Gasteiger partial charge in [0, 0.05) is 10.9 Å². The second kappa shape index (κ2) is 4.28. The van der Waals surface area contributed by atoms with E-state index in [1.54, 1.807) is 7.11 Å². The number of aromatic nitrogens is 3. The first-order valence-electron chi connectivity index (χ1n) is 5.96. The Bertz CT molecular complexity index is 590. The molecule has 4 nitrogen and oxygen atoms in total. The van der Waals surface area contributed by atoms with Gasteiger partial charge in [0.2, 0.25) is 0 Å². The Morgan fingerprint density at radius 2 is 2.17 bits per heavy atom. The number of aryl methyl sites for hydroxylation is 1. The van der Waals surface area contributed by atoms with Gasteiger partial charge >= 0.3 is 0 Å². The smallest absolute Gasteiger partial charge is 0.148 e. The van der Waals surface area contributed by atoms with Crippen molar-refractivity contribution in [2.24, 2.45) is 0 Å². The first kappa shape index (κ1) is 11.5. The lowest BCUT2D eigenvalue weighted by atomic mass is 10.3. The standard InChI is InChI=1S/C13H14ClN3O/c1-8-15-13(9-3-4-9)17(16-8)11-7-10(14)5-6-12(11)18-2/h5-7,9H,3-4H2,1-2H3. The molecular weight excluding hydrogens is 250 g/mol. The third-order valence-electron chi connectivity index (χ3n) is 3.05. The summed E-state index contributed by atoms with van der Waals surface area (Å²) in [6.07, 6.45) is 2.36. The molecule has 0 radical (unpaired) electrons. The summed E-state index contributed by atoms with van der Waals surface area (Å²) in [4.78, 5) is 4.51. The van der Waals surface area contributed by atoms with Gasteiger partial charge in [-0.25, -0.2) is 9.67 Å². The molecule has 94 valence electrons. The molecular formula is C13H14ClN3O. The summed E-state index contributed by atoms with van der Waals surface area (Å²) in [5, 5.41) is 5.13. The minimum atomic E-state index is 0.523. The fourth-order valence-electron chi connectivity index (χ4n) is 2.04. The molecule has 1 heterocycles. The molecule has 1 aromatic heterocycles. The van der Waals surface area contributed by atoms with E-state index >= 15 is 0 Å². The van der Waals surface area contributed by atoms with E-state index in [2.05, 4.69) is 10.1 Å². The highest BCUT2D eigenvalue weighted by molar-refractivity contribution is 6.30. The first-order valence-corrected chi connectivity index (χ1v) is 6.34. The Kier molecular flexibility index (Phi) is 2.74. The van der Waals surface area contributed by atoms with E-state index in [1.165, 1.54) is 12.8 Å². The molecule has 1 aromatic carbocycles. The van der Waals surface area contributed by atoms with Crippen LogP contribution in [0.1, 0.15) is 30.4 Å². The Morgan fingerprint density at radius 1 is 1.39 bits per heavy atom. The SMILES string of the molecule is COc1ccc(Cl)cc1-n1nc(C)nc1C1CC1. The summed E-state index contributed by atoms with van der Waals surface area (Å²) in [7, 11) is 1.65. The average molecular weight is 264 g/mol. The van der Waals surface area contributed by atoms with E-state index in [9.17, 15) is 0 Å². The van der Waals surface area contributed by atoms with Crippen LogP contribution in [0, 0.1) is 6.92 Å². The maximum absolute atomic E-state index is 6.06.